The molecule has 18 heavy (non-hydrogen) atoms. The highest BCUT2D eigenvalue weighted by molar-refractivity contribution is 5.78. The standard InChI is InChI=1S/C13H19NO4/c1-2-7-18-12(17)14-8-10-5-3-4-6-13(10,9-14)11(15)16/h2,10H,1,3-9H2,(H,15,16)/t10-,13-/m1/s1. The number of carbonyl (C=O) groups is 2. The van der Waals surface area contributed by atoms with Gasteiger partial charge < -0.3 is 14.7 Å². The molecule has 1 saturated carbocycles. The first-order chi connectivity index (χ1) is 8.60. The third-order valence-corrected chi connectivity index (χ3v) is 4.13. The molecular formula is C13H19NO4. The van der Waals surface area contributed by atoms with Gasteiger partial charge in [-0.1, -0.05) is 25.5 Å². The molecule has 1 amide bonds. The van der Waals surface area contributed by atoms with Crippen LogP contribution in [0.15, 0.2) is 12.7 Å². The van der Waals surface area contributed by atoms with Gasteiger partial charge in [-0.05, 0) is 18.8 Å². The van der Waals surface area contributed by atoms with Crippen molar-refractivity contribution in [3.8, 4) is 0 Å². The molecule has 2 fully saturated rings. The number of carboxylic acid groups (broad SMARTS) is 1. The second-order valence-electron chi connectivity index (χ2n) is 5.15. The van der Waals surface area contributed by atoms with E-state index < -0.39 is 17.5 Å². The molecule has 0 radical (unpaired) electrons. The van der Waals surface area contributed by atoms with E-state index in [4.69, 9.17) is 4.74 Å². The number of likely N-dealkylation sites (tertiary alicyclic amines) is 1. The highest BCUT2D eigenvalue weighted by atomic mass is 16.6. The molecule has 0 spiro atoms. The number of fused-ring (bicyclic) bond motifs is 1. The SMILES string of the molecule is C=CCOC(=O)N1C[C@H]2CCCC[C@@]2(C(=O)O)C1. The lowest BCUT2D eigenvalue weighted by Gasteiger charge is -2.33. The number of ether oxygens (including phenoxy) is 1. The van der Waals surface area contributed by atoms with E-state index in [1.54, 1.807) is 0 Å². The summed E-state index contributed by atoms with van der Waals surface area (Å²) < 4.78 is 4.98. The first-order valence-corrected chi connectivity index (χ1v) is 6.36. The molecule has 100 valence electrons. The second-order valence-corrected chi connectivity index (χ2v) is 5.15. The van der Waals surface area contributed by atoms with Crippen molar-refractivity contribution in [1.29, 1.82) is 0 Å². The smallest absolute Gasteiger partial charge is 0.410 e. The summed E-state index contributed by atoms with van der Waals surface area (Å²) in [5.74, 6) is -0.703. The van der Waals surface area contributed by atoms with Crippen molar-refractivity contribution in [3.63, 3.8) is 0 Å². The van der Waals surface area contributed by atoms with Crippen LogP contribution in [-0.2, 0) is 9.53 Å². The fraction of sp³-hybridized carbons (Fsp3) is 0.692. The fourth-order valence-corrected chi connectivity index (χ4v) is 3.17. The Balaban J connectivity index is 2.09. The number of carboxylic acids is 1. The van der Waals surface area contributed by atoms with Crippen molar-refractivity contribution >= 4 is 12.1 Å². The van der Waals surface area contributed by atoms with Crippen molar-refractivity contribution in [2.75, 3.05) is 19.7 Å². The summed E-state index contributed by atoms with van der Waals surface area (Å²) >= 11 is 0. The van der Waals surface area contributed by atoms with Gasteiger partial charge in [-0.2, -0.15) is 0 Å². The summed E-state index contributed by atoms with van der Waals surface area (Å²) in [4.78, 5) is 24.9. The van der Waals surface area contributed by atoms with Crippen LogP contribution >= 0.6 is 0 Å². The second kappa shape index (κ2) is 5.00. The van der Waals surface area contributed by atoms with Crippen LogP contribution < -0.4 is 0 Å². The molecule has 0 aromatic heterocycles. The molecule has 1 heterocycles. The number of nitrogens with zero attached hydrogens (tertiary/aromatic N) is 1. The predicted octanol–water partition coefficient (Wildman–Crippen LogP) is 1.89. The van der Waals surface area contributed by atoms with Crippen LogP contribution in [0, 0.1) is 11.3 Å². The summed E-state index contributed by atoms with van der Waals surface area (Å²) in [5, 5.41) is 9.48. The largest absolute Gasteiger partial charge is 0.481 e. The summed E-state index contributed by atoms with van der Waals surface area (Å²) in [6, 6.07) is 0. The molecular weight excluding hydrogens is 234 g/mol. The number of hydrogen-bond donors (Lipinski definition) is 1. The summed E-state index contributed by atoms with van der Waals surface area (Å²) in [7, 11) is 0. The molecule has 1 N–H and O–H groups in total. The number of hydrogen-bond acceptors (Lipinski definition) is 3. The van der Waals surface area contributed by atoms with Crippen molar-refractivity contribution in [2.24, 2.45) is 11.3 Å². The van der Waals surface area contributed by atoms with Crippen LogP contribution in [0.4, 0.5) is 4.79 Å². The van der Waals surface area contributed by atoms with E-state index in [1.165, 1.54) is 11.0 Å². The molecule has 2 aliphatic rings. The Morgan fingerprint density at radius 3 is 2.89 bits per heavy atom. The maximum Gasteiger partial charge on any atom is 0.410 e. The molecule has 5 nitrogen and oxygen atoms in total. The zero-order valence-electron chi connectivity index (χ0n) is 10.4. The molecule has 2 atom stereocenters. The number of aliphatic carboxylic acids is 1. The molecule has 0 bridgehead atoms. The molecule has 0 aromatic carbocycles. The van der Waals surface area contributed by atoms with E-state index >= 15 is 0 Å². The highest BCUT2D eigenvalue weighted by Gasteiger charge is 2.54. The Morgan fingerprint density at radius 2 is 2.28 bits per heavy atom. The van der Waals surface area contributed by atoms with E-state index in [0.29, 0.717) is 13.0 Å². The van der Waals surface area contributed by atoms with Gasteiger partial charge in [-0.15, -0.1) is 0 Å². The quantitative estimate of drug-likeness (QED) is 0.780. The summed E-state index contributed by atoms with van der Waals surface area (Å²) in [5.41, 5.74) is -0.745. The molecule has 0 unspecified atom stereocenters. The van der Waals surface area contributed by atoms with Gasteiger partial charge in [0.05, 0.1) is 5.41 Å². The average molecular weight is 253 g/mol. The van der Waals surface area contributed by atoms with E-state index in [9.17, 15) is 14.7 Å². The van der Waals surface area contributed by atoms with Crippen molar-refractivity contribution in [3.05, 3.63) is 12.7 Å². The zero-order chi connectivity index (χ0) is 13.2. The van der Waals surface area contributed by atoms with Crippen LogP contribution in [0.1, 0.15) is 25.7 Å². The first kappa shape index (κ1) is 12.9. The first-order valence-electron chi connectivity index (χ1n) is 6.36. The maximum absolute atomic E-state index is 11.8. The lowest BCUT2D eigenvalue weighted by atomic mass is 9.68. The van der Waals surface area contributed by atoms with E-state index in [-0.39, 0.29) is 19.1 Å². The molecule has 1 saturated heterocycles. The van der Waals surface area contributed by atoms with Crippen molar-refractivity contribution < 1.29 is 19.4 Å². The van der Waals surface area contributed by atoms with E-state index in [1.807, 2.05) is 0 Å². The molecule has 0 aromatic rings. The van der Waals surface area contributed by atoms with Gasteiger partial charge >= 0.3 is 12.1 Å². The van der Waals surface area contributed by atoms with Gasteiger partial charge in [-0.3, -0.25) is 4.79 Å². The minimum absolute atomic E-state index is 0.0695. The highest BCUT2D eigenvalue weighted by Crippen LogP contribution is 2.47. The molecule has 2 rings (SSSR count). The number of amides is 1. The van der Waals surface area contributed by atoms with E-state index in [0.717, 1.165) is 19.3 Å². The topological polar surface area (TPSA) is 66.8 Å². The van der Waals surface area contributed by atoms with Crippen LogP contribution in [0.2, 0.25) is 0 Å². The van der Waals surface area contributed by atoms with Crippen LogP contribution in [-0.4, -0.2) is 41.8 Å². The van der Waals surface area contributed by atoms with Crippen LogP contribution in [0.25, 0.3) is 0 Å². The summed E-state index contributed by atoms with van der Waals surface area (Å²) in [6.07, 6.45) is 4.61. The maximum atomic E-state index is 11.8. The fourth-order valence-electron chi connectivity index (χ4n) is 3.17. The monoisotopic (exact) mass is 253 g/mol. The van der Waals surface area contributed by atoms with Gasteiger partial charge in [0.15, 0.2) is 0 Å². The average Bonchev–Trinajstić information content (AvgIpc) is 2.76. The number of carbonyl (C=O) groups excluding carboxylic acids is 1. The Kier molecular flexibility index (Phi) is 3.59. The number of rotatable bonds is 3. The van der Waals surface area contributed by atoms with Gasteiger partial charge in [0, 0.05) is 13.1 Å². The van der Waals surface area contributed by atoms with Crippen molar-refractivity contribution in [1.82, 2.24) is 4.90 Å². The third kappa shape index (κ3) is 2.09. The minimum Gasteiger partial charge on any atom is -0.481 e. The Hall–Kier alpha value is -1.52. The lowest BCUT2D eigenvalue weighted by Crippen LogP contribution is -2.41. The lowest BCUT2D eigenvalue weighted by molar-refractivity contribution is -0.152. The van der Waals surface area contributed by atoms with Gasteiger partial charge in [0.25, 0.3) is 0 Å². The Morgan fingerprint density at radius 1 is 1.50 bits per heavy atom. The Bertz CT molecular complexity index is 368. The van der Waals surface area contributed by atoms with Gasteiger partial charge in [0.1, 0.15) is 6.61 Å². The third-order valence-electron chi connectivity index (χ3n) is 4.13. The normalized spacial score (nSPS) is 30.7. The van der Waals surface area contributed by atoms with Gasteiger partial charge in [-0.25, -0.2) is 4.79 Å². The minimum atomic E-state index is -0.772. The van der Waals surface area contributed by atoms with Crippen LogP contribution in [0.5, 0.6) is 0 Å². The van der Waals surface area contributed by atoms with Crippen LogP contribution in [0.3, 0.4) is 0 Å². The predicted molar refractivity (Wildman–Crippen MR) is 65.1 cm³/mol. The zero-order valence-corrected chi connectivity index (χ0v) is 10.4. The van der Waals surface area contributed by atoms with Crippen molar-refractivity contribution in [2.45, 2.75) is 25.7 Å². The molecule has 1 aliphatic carbocycles. The summed E-state index contributed by atoms with van der Waals surface area (Å²) in [6.45, 7) is 4.43. The Labute approximate surface area is 106 Å². The van der Waals surface area contributed by atoms with Gasteiger partial charge in [0.2, 0.25) is 0 Å². The molecule has 5 heteroatoms. The van der Waals surface area contributed by atoms with E-state index in [2.05, 4.69) is 6.58 Å². The molecule has 1 aliphatic heterocycles.